The molecule has 2 unspecified atom stereocenters. The normalized spacial score (nSPS) is 23.1. The topological polar surface area (TPSA) is 29.5 Å². The van der Waals surface area contributed by atoms with Crippen molar-refractivity contribution in [3.63, 3.8) is 0 Å². The van der Waals surface area contributed by atoms with Crippen molar-refractivity contribution in [3.05, 3.63) is 33.3 Å². The lowest BCUT2D eigenvalue weighted by molar-refractivity contribution is -0.0102. The Kier molecular flexibility index (Phi) is 4.25. The van der Waals surface area contributed by atoms with Crippen molar-refractivity contribution in [3.8, 4) is 0 Å². The van der Waals surface area contributed by atoms with Crippen LogP contribution < -0.4 is 0 Å². The molecule has 1 aromatic carbocycles. The number of ether oxygens (including phenoxy) is 1. The SMILES string of the molecule is OC(c1ccc(Cl)cc1Br)C1CCCOC1. The second-order valence-corrected chi connectivity index (χ2v) is 5.38. The van der Waals surface area contributed by atoms with Gasteiger partial charge in [-0.15, -0.1) is 0 Å². The molecule has 1 heterocycles. The molecule has 88 valence electrons. The second-order valence-electron chi connectivity index (χ2n) is 4.09. The van der Waals surface area contributed by atoms with Crippen LogP contribution in [-0.4, -0.2) is 18.3 Å². The zero-order valence-electron chi connectivity index (χ0n) is 8.83. The van der Waals surface area contributed by atoms with Crippen LogP contribution in [0.3, 0.4) is 0 Å². The van der Waals surface area contributed by atoms with E-state index in [1.807, 2.05) is 12.1 Å². The number of aliphatic hydroxyl groups excluding tert-OH is 1. The number of aliphatic hydroxyl groups is 1. The van der Waals surface area contributed by atoms with E-state index < -0.39 is 6.10 Å². The van der Waals surface area contributed by atoms with Gasteiger partial charge in [-0.1, -0.05) is 33.6 Å². The molecule has 4 heteroatoms. The van der Waals surface area contributed by atoms with Crippen LogP contribution in [0.4, 0.5) is 0 Å². The molecule has 2 rings (SSSR count). The molecule has 1 aliphatic rings. The summed E-state index contributed by atoms with van der Waals surface area (Å²) in [6.07, 6.45) is 1.55. The maximum Gasteiger partial charge on any atom is 0.0851 e. The van der Waals surface area contributed by atoms with E-state index in [4.69, 9.17) is 16.3 Å². The van der Waals surface area contributed by atoms with Crippen molar-refractivity contribution in [1.29, 1.82) is 0 Å². The molecule has 2 nitrogen and oxygen atoms in total. The fourth-order valence-corrected chi connectivity index (χ4v) is 2.93. The van der Waals surface area contributed by atoms with Gasteiger partial charge in [0.15, 0.2) is 0 Å². The first kappa shape index (κ1) is 12.4. The maximum atomic E-state index is 10.3. The number of hydrogen-bond acceptors (Lipinski definition) is 2. The zero-order chi connectivity index (χ0) is 11.5. The molecule has 1 saturated heterocycles. The quantitative estimate of drug-likeness (QED) is 0.905. The summed E-state index contributed by atoms with van der Waals surface area (Å²) in [5.41, 5.74) is 0.889. The summed E-state index contributed by atoms with van der Waals surface area (Å²) in [7, 11) is 0. The lowest BCUT2D eigenvalue weighted by Gasteiger charge is -2.27. The molecule has 0 saturated carbocycles. The van der Waals surface area contributed by atoms with Crippen molar-refractivity contribution >= 4 is 27.5 Å². The smallest absolute Gasteiger partial charge is 0.0851 e. The van der Waals surface area contributed by atoms with E-state index in [1.165, 1.54) is 0 Å². The van der Waals surface area contributed by atoms with E-state index >= 15 is 0 Å². The summed E-state index contributed by atoms with van der Waals surface area (Å²) in [6.45, 7) is 1.45. The average Bonchev–Trinajstić information content (AvgIpc) is 2.29. The van der Waals surface area contributed by atoms with Crippen LogP contribution in [0.5, 0.6) is 0 Å². The maximum absolute atomic E-state index is 10.3. The molecular weight excluding hydrogens is 291 g/mol. The summed E-state index contributed by atoms with van der Waals surface area (Å²) in [6, 6.07) is 5.48. The monoisotopic (exact) mass is 304 g/mol. The van der Waals surface area contributed by atoms with Gasteiger partial charge in [-0.2, -0.15) is 0 Å². The Hall–Kier alpha value is -0.0900. The first-order valence-corrected chi connectivity index (χ1v) is 6.56. The van der Waals surface area contributed by atoms with Gasteiger partial charge in [0, 0.05) is 22.0 Å². The largest absolute Gasteiger partial charge is 0.388 e. The van der Waals surface area contributed by atoms with E-state index in [9.17, 15) is 5.11 Å². The predicted molar refractivity (Wildman–Crippen MR) is 67.7 cm³/mol. The van der Waals surface area contributed by atoms with Crippen LogP contribution in [0.1, 0.15) is 24.5 Å². The van der Waals surface area contributed by atoms with Gasteiger partial charge in [0.1, 0.15) is 0 Å². The van der Waals surface area contributed by atoms with Gasteiger partial charge in [0.2, 0.25) is 0 Å². The van der Waals surface area contributed by atoms with Gasteiger partial charge in [0.25, 0.3) is 0 Å². The molecule has 0 amide bonds. The van der Waals surface area contributed by atoms with E-state index in [1.54, 1.807) is 6.07 Å². The average molecular weight is 306 g/mol. The van der Waals surface area contributed by atoms with Gasteiger partial charge >= 0.3 is 0 Å². The Morgan fingerprint density at radius 2 is 2.31 bits per heavy atom. The molecule has 0 aromatic heterocycles. The molecule has 1 fully saturated rings. The summed E-state index contributed by atoms with van der Waals surface area (Å²) in [5.74, 6) is 0.186. The standard InChI is InChI=1S/C12H14BrClO2/c13-11-6-9(14)3-4-10(11)12(15)8-2-1-5-16-7-8/h3-4,6,8,12,15H,1-2,5,7H2. The van der Waals surface area contributed by atoms with Crippen molar-refractivity contribution in [2.45, 2.75) is 18.9 Å². The zero-order valence-corrected chi connectivity index (χ0v) is 11.2. The first-order chi connectivity index (χ1) is 7.68. The van der Waals surface area contributed by atoms with Gasteiger partial charge < -0.3 is 9.84 Å². The first-order valence-electron chi connectivity index (χ1n) is 5.39. The van der Waals surface area contributed by atoms with Crippen LogP contribution in [0.15, 0.2) is 22.7 Å². The molecule has 1 aromatic rings. The highest BCUT2D eigenvalue weighted by Crippen LogP contribution is 2.34. The van der Waals surface area contributed by atoms with Crippen LogP contribution in [0.25, 0.3) is 0 Å². The molecule has 0 bridgehead atoms. The third-order valence-corrected chi connectivity index (χ3v) is 3.85. The highest BCUT2D eigenvalue weighted by Gasteiger charge is 2.25. The van der Waals surface area contributed by atoms with Crippen molar-refractivity contribution < 1.29 is 9.84 Å². The predicted octanol–water partition coefficient (Wildman–Crippen LogP) is 3.56. The third-order valence-electron chi connectivity index (χ3n) is 2.92. The molecule has 1 aliphatic heterocycles. The van der Waals surface area contributed by atoms with E-state index in [-0.39, 0.29) is 5.92 Å². The highest BCUT2D eigenvalue weighted by atomic mass is 79.9. The Morgan fingerprint density at radius 1 is 1.50 bits per heavy atom. The lowest BCUT2D eigenvalue weighted by atomic mass is 9.91. The van der Waals surface area contributed by atoms with Crippen LogP contribution >= 0.6 is 27.5 Å². The fourth-order valence-electron chi connectivity index (χ4n) is 2.01. The Morgan fingerprint density at radius 3 is 2.94 bits per heavy atom. The van der Waals surface area contributed by atoms with Crippen LogP contribution in [0.2, 0.25) is 5.02 Å². The summed E-state index contributed by atoms with van der Waals surface area (Å²) < 4.78 is 6.25. The molecule has 16 heavy (non-hydrogen) atoms. The molecular formula is C12H14BrClO2. The van der Waals surface area contributed by atoms with Crippen molar-refractivity contribution in [2.24, 2.45) is 5.92 Å². The second kappa shape index (κ2) is 5.50. The minimum atomic E-state index is -0.480. The minimum absolute atomic E-state index is 0.186. The molecule has 0 radical (unpaired) electrons. The lowest BCUT2D eigenvalue weighted by Crippen LogP contribution is -2.23. The molecule has 0 spiro atoms. The minimum Gasteiger partial charge on any atom is -0.388 e. The Labute approximate surface area is 109 Å². The Balaban J connectivity index is 2.15. The van der Waals surface area contributed by atoms with E-state index in [0.717, 1.165) is 29.5 Å². The van der Waals surface area contributed by atoms with Crippen LogP contribution in [-0.2, 0) is 4.74 Å². The van der Waals surface area contributed by atoms with E-state index in [0.29, 0.717) is 11.6 Å². The van der Waals surface area contributed by atoms with E-state index in [2.05, 4.69) is 15.9 Å². The highest BCUT2D eigenvalue weighted by molar-refractivity contribution is 9.10. The number of rotatable bonds is 2. The van der Waals surface area contributed by atoms with Crippen LogP contribution in [0, 0.1) is 5.92 Å². The summed E-state index contributed by atoms with van der Waals surface area (Å²) in [5, 5.41) is 10.9. The summed E-state index contributed by atoms with van der Waals surface area (Å²) in [4.78, 5) is 0. The Bertz CT molecular complexity index is 364. The number of hydrogen-bond donors (Lipinski definition) is 1. The number of halogens is 2. The van der Waals surface area contributed by atoms with Gasteiger partial charge in [-0.05, 0) is 30.5 Å². The van der Waals surface area contributed by atoms with Gasteiger partial charge in [-0.25, -0.2) is 0 Å². The van der Waals surface area contributed by atoms with Gasteiger partial charge in [0.05, 0.1) is 12.7 Å². The van der Waals surface area contributed by atoms with Gasteiger partial charge in [-0.3, -0.25) is 0 Å². The molecule has 2 atom stereocenters. The third kappa shape index (κ3) is 2.77. The summed E-state index contributed by atoms with van der Waals surface area (Å²) >= 11 is 9.30. The molecule has 0 aliphatic carbocycles. The number of benzene rings is 1. The fraction of sp³-hybridized carbons (Fsp3) is 0.500. The van der Waals surface area contributed by atoms with Crippen molar-refractivity contribution in [2.75, 3.05) is 13.2 Å². The molecule has 1 N–H and O–H groups in total. The van der Waals surface area contributed by atoms with Crippen molar-refractivity contribution in [1.82, 2.24) is 0 Å².